The molecule has 3 nitrogen and oxygen atoms in total. The molecule has 0 bridgehead atoms. The third kappa shape index (κ3) is 4.17. The zero-order chi connectivity index (χ0) is 15.2. The molecule has 0 spiro atoms. The Kier molecular flexibility index (Phi) is 5.12. The average Bonchev–Trinajstić information content (AvgIpc) is 2.48. The van der Waals surface area contributed by atoms with Gasteiger partial charge in [-0.2, -0.15) is 0 Å². The molecule has 2 N–H and O–H groups in total. The van der Waals surface area contributed by atoms with E-state index >= 15 is 0 Å². The lowest BCUT2D eigenvalue weighted by molar-refractivity contribution is -0.115. The summed E-state index contributed by atoms with van der Waals surface area (Å²) in [4.78, 5) is 12.0. The smallest absolute Gasteiger partial charge is 0.238 e. The van der Waals surface area contributed by atoms with Gasteiger partial charge >= 0.3 is 0 Å². The molecule has 2 rings (SSSR count). The molecule has 0 unspecified atom stereocenters. The van der Waals surface area contributed by atoms with Gasteiger partial charge in [0.05, 0.1) is 6.54 Å². The molecule has 3 heteroatoms. The second-order valence-electron chi connectivity index (χ2n) is 5.32. The van der Waals surface area contributed by atoms with Crippen molar-refractivity contribution in [3.05, 3.63) is 65.2 Å². The Hall–Kier alpha value is -2.13. The van der Waals surface area contributed by atoms with E-state index < -0.39 is 0 Å². The first-order valence-electron chi connectivity index (χ1n) is 7.22. The molecule has 0 aliphatic carbocycles. The van der Waals surface area contributed by atoms with Gasteiger partial charge in [0.1, 0.15) is 0 Å². The van der Waals surface area contributed by atoms with Crippen molar-refractivity contribution in [3.63, 3.8) is 0 Å². The molecule has 0 fully saturated rings. The Bertz CT molecular complexity index is 622. The molecule has 110 valence electrons. The van der Waals surface area contributed by atoms with E-state index in [1.165, 1.54) is 11.1 Å². The minimum Gasteiger partial charge on any atom is -0.325 e. The van der Waals surface area contributed by atoms with Gasteiger partial charge in [0, 0.05) is 11.7 Å². The van der Waals surface area contributed by atoms with E-state index in [9.17, 15) is 4.79 Å². The summed E-state index contributed by atoms with van der Waals surface area (Å²) in [6.45, 7) is 6.44. The minimum absolute atomic E-state index is 0.0234. The van der Waals surface area contributed by atoms with Gasteiger partial charge in [0.15, 0.2) is 0 Å². The second kappa shape index (κ2) is 7.04. The number of benzene rings is 2. The summed E-state index contributed by atoms with van der Waals surface area (Å²) in [6.07, 6.45) is 0. The molecule has 0 heterocycles. The van der Waals surface area contributed by atoms with Crippen LogP contribution in [0.15, 0.2) is 48.5 Å². The van der Waals surface area contributed by atoms with Crippen LogP contribution in [0.3, 0.4) is 0 Å². The van der Waals surface area contributed by atoms with Crippen molar-refractivity contribution in [3.8, 4) is 0 Å². The predicted molar refractivity (Wildman–Crippen MR) is 87.4 cm³/mol. The van der Waals surface area contributed by atoms with Crippen molar-refractivity contribution in [2.75, 3.05) is 11.9 Å². The first kappa shape index (κ1) is 15.3. The number of carbonyl (C=O) groups is 1. The molecule has 0 saturated carbocycles. The highest BCUT2D eigenvalue weighted by atomic mass is 16.1. The van der Waals surface area contributed by atoms with Crippen LogP contribution in [-0.4, -0.2) is 12.5 Å². The zero-order valence-corrected chi connectivity index (χ0v) is 12.8. The summed E-state index contributed by atoms with van der Waals surface area (Å²) in [5.74, 6) is -0.0234. The fourth-order valence-electron chi connectivity index (χ4n) is 2.34. The number of carbonyl (C=O) groups excluding carboxylic acids is 1. The summed E-state index contributed by atoms with van der Waals surface area (Å²) in [5, 5.41) is 6.20. The van der Waals surface area contributed by atoms with Crippen LogP contribution < -0.4 is 10.6 Å². The van der Waals surface area contributed by atoms with Gasteiger partial charge in [0.25, 0.3) is 0 Å². The molecule has 1 amide bonds. The minimum atomic E-state index is -0.0234. The monoisotopic (exact) mass is 282 g/mol. The Labute approximate surface area is 126 Å². The van der Waals surface area contributed by atoms with E-state index in [1.54, 1.807) is 0 Å². The van der Waals surface area contributed by atoms with Gasteiger partial charge in [-0.3, -0.25) is 4.79 Å². The van der Waals surface area contributed by atoms with Crippen LogP contribution in [0.1, 0.15) is 29.7 Å². The molecule has 0 aliphatic heterocycles. The normalized spacial score (nSPS) is 12.0. The quantitative estimate of drug-likeness (QED) is 0.880. The van der Waals surface area contributed by atoms with Gasteiger partial charge in [-0.1, -0.05) is 42.5 Å². The summed E-state index contributed by atoms with van der Waals surface area (Å²) < 4.78 is 0. The number of anilines is 1. The molecule has 0 aliphatic rings. The third-order valence-corrected chi connectivity index (χ3v) is 3.64. The van der Waals surface area contributed by atoms with E-state index in [0.29, 0.717) is 6.54 Å². The van der Waals surface area contributed by atoms with Crippen LogP contribution in [0.2, 0.25) is 0 Å². The van der Waals surface area contributed by atoms with Crippen molar-refractivity contribution >= 4 is 11.6 Å². The number of para-hydroxylation sites is 1. The standard InChI is InChI=1S/C18H22N2O/c1-13-8-4-6-10-16(13)15(3)19-12-18(21)20-17-11-7-5-9-14(17)2/h4-11,15,19H,12H2,1-3H3,(H,20,21)/t15-/m0/s1. The van der Waals surface area contributed by atoms with Gasteiger partial charge in [-0.15, -0.1) is 0 Å². The maximum Gasteiger partial charge on any atom is 0.238 e. The van der Waals surface area contributed by atoms with E-state index in [0.717, 1.165) is 11.3 Å². The maximum absolute atomic E-state index is 12.0. The largest absolute Gasteiger partial charge is 0.325 e. The molecular weight excluding hydrogens is 260 g/mol. The SMILES string of the molecule is Cc1ccccc1NC(=O)CN[C@@H](C)c1ccccc1C. The summed E-state index contributed by atoms with van der Waals surface area (Å²) >= 11 is 0. The summed E-state index contributed by atoms with van der Waals surface area (Å²) in [6, 6.07) is 16.2. The van der Waals surface area contributed by atoms with Crippen LogP contribution in [-0.2, 0) is 4.79 Å². The highest BCUT2D eigenvalue weighted by Gasteiger charge is 2.10. The lowest BCUT2D eigenvalue weighted by Crippen LogP contribution is -2.30. The number of aryl methyl sites for hydroxylation is 2. The average molecular weight is 282 g/mol. The van der Waals surface area contributed by atoms with Gasteiger partial charge < -0.3 is 10.6 Å². The first-order valence-corrected chi connectivity index (χ1v) is 7.22. The molecule has 21 heavy (non-hydrogen) atoms. The maximum atomic E-state index is 12.0. The van der Waals surface area contributed by atoms with E-state index in [-0.39, 0.29) is 11.9 Å². The molecule has 0 radical (unpaired) electrons. The Morgan fingerprint density at radius 1 is 1.00 bits per heavy atom. The molecule has 2 aromatic carbocycles. The van der Waals surface area contributed by atoms with Crippen molar-refractivity contribution < 1.29 is 4.79 Å². The highest BCUT2D eigenvalue weighted by Crippen LogP contribution is 2.16. The fraction of sp³-hybridized carbons (Fsp3) is 0.278. The van der Waals surface area contributed by atoms with Gasteiger partial charge in [-0.25, -0.2) is 0 Å². The number of amides is 1. The highest BCUT2D eigenvalue weighted by molar-refractivity contribution is 5.92. The third-order valence-electron chi connectivity index (χ3n) is 3.64. The van der Waals surface area contributed by atoms with Crippen LogP contribution in [0.25, 0.3) is 0 Å². The predicted octanol–water partition coefficient (Wildman–Crippen LogP) is 3.59. The summed E-state index contributed by atoms with van der Waals surface area (Å²) in [7, 11) is 0. The van der Waals surface area contributed by atoms with E-state index in [4.69, 9.17) is 0 Å². The van der Waals surface area contributed by atoms with Crippen molar-refractivity contribution in [2.24, 2.45) is 0 Å². The van der Waals surface area contributed by atoms with Gasteiger partial charge in [-0.05, 0) is 43.5 Å². The Morgan fingerprint density at radius 3 is 2.29 bits per heavy atom. The van der Waals surface area contributed by atoms with Crippen LogP contribution in [0.5, 0.6) is 0 Å². The first-order chi connectivity index (χ1) is 10.1. The van der Waals surface area contributed by atoms with Crippen LogP contribution in [0.4, 0.5) is 5.69 Å². The second-order valence-corrected chi connectivity index (χ2v) is 5.32. The van der Waals surface area contributed by atoms with E-state index in [2.05, 4.69) is 36.6 Å². The Morgan fingerprint density at radius 2 is 1.62 bits per heavy atom. The van der Waals surface area contributed by atoms with Crippen molar-refractivity contribution in [1.82, 2.24) is 5.32 Å². The summed E-state index contributed by atoms with van der Waals surface area (Å²) in [5.41, 5.74) is 4.39. The molecule has 1 atom stereocenters. The van der Waals surface area contributed by atoms with Crippen molar-refractivity contribution in [2.45, 2.75) is 26.8 Å². The fourth-order valence-corrected chi connectivity index (χ4v) is 2.34. The lowest BCUT2D eigenvalue weighted by Gasteiger charge is -2.16. The topological polar surface area (TPSA) is 41.1 Å². The van der Waals surface area contributed by atoms with Gasteiger partial charge in [0.2, 0.25) is 5.91 Å². The molecule has 0 aromatic heterocycles. The molecule has 2 aromatic rings. The number of rotatable bonds is 5. The zero-order valence-electron chi connectivity index (χ0n) is 12.8. The van der Waals surface area contributed by atoms with Crippen LogP contribution >= 0.6 is 0 Å². The van der Waals surface area contributed by atoms with E-state index in [1.807, 2.05) is 43.3 Å². The number of hydrogen-bond donors (Lipinski definition) is 2. The number of nitrogens with one attached hydrogen (secondary N) is 2. The molecule has 0 saturated heterocycles. The van der Waals surface area contributed by atoms with Crippen molar-refractivity contribution in [1.29, 1.82) is 0 Å². The lowest BCUT2D eigenvalue weighted by atomic mass is 10.0. The Balaban J connectivity index is 1.90. The number of hydrogen-bond acceptors (Lipinski definition) is 2. The molecular formula is C18H22N2O. The van der Waals surface area contributed by atoms with Crippen LogP contribution in [0, 0.1) is 13.8 Å².